The number of hydrogen-bond acceptors (Lipinski definition) is 4. The number of nitrogens with zero attached hydrogens (tertiary/aromatic N) is 3. The number of alkyl halides is 2. The van der Waals surface area contributed by atoms with Crippen LogP contribution < -0.4 is 5.32 Å². The summed E-state index contributed by atoms with van der Waals surface area (Å²) in [6, 6.07) is 7.75. The molecule has 2 aliphatic carbocycles. The molecule has 1 aromatic carbocycles. The van der Waals surface area contributed by atoms with Crippen molar-refractivity contribution < 1.29 is 18.0 Å². The van der Waals surface area contributed by atoms with Crippen LogP contribution in [0.4, 0.5) is 18.9 Å². The van der Waals surface area contributed by atoms with Crippen LogP contribution in [0.1, 0.15) is 60.4 Å². The van der Waals surface area contributed by atoms with Gasteiger partial charge in [0.05, 0.1) is 16.9 Å². The average Bonchev–Trinajstić information content (AvgIpc) is 3.12. The van der Waals surface area contributed by atoms with Gasteiger partial charge in [-0.1, -0.05) is 32.0 Å². The van der Waals surface area contributed by atoms with Crippen LogP contribution in [-0.2, 0) is 0 Å². The molecule has 5 rings (SSSR count). The van der Waals surface area contributed by atoms with Crippen molar-refractivity contribution >= 4 is 11.6 Å². The van der Waals surface area contributed by atoms with Gasteiger partial charge in [-0.15, -0.1) is 0 Å². The van der Waals surface area contributed by atoms with Gasteiger partial charge < -0.3 is 5.32 Å². The number of rotatable bonds is 5. The summed E-state index contributed by atoms with van der Waals surface area (Å²) in [6.07, 6.45) is 5.30. The molecule has 2 heterocycles. The Kier molecular flexibility index (Phi) is 5.18. The van der Waals surface area contributed by atoms with E-state index < -0.39 is 35.4 Å². The molecule has 1 N–H and O–H groups in total. The number of anilines is 1. The largest absolute Gasteiger partial charge is 0.320 e. The first-order valence-electron chi connectivity index (χ1n) is 11.0. The molecule has 2 aliphatic rings. The van der Waals surface area contributed by atoms with E-state index in [-0.39, 0.29) is 22.7 Å². The molecule has 3 unspecified atom stereocenters. The number of nitrogens with one attached hydrogen (secondary N) is 1. The maximum atomic E-state index is 14.7. The Bertz CT molecular complexity index is 1210. The van der Waals surface area contributed by atoms with Crippen LogP contribution >= 0.6 is 0 Å². The monoisotopic (exact) mass is 452 g/mol. The van der Waals surface area contributed by atoms with Crippen molar-refractivity contribution in [3.8, 4) is 11.1 Å². The molecule has 0 radical (unpaired) electrons. The maximum absolute atomic E-state index is 14.7. The number of amides is 1. The van der Waals surface area contributed by atoms with Crippen LogP contribution in [-0.4, -0.2) is 26.8 Å². The third kappa shape index (κ3) is 3.67. The van der Waals surface area contributed by atoms with Crippen molar-refractivity contribution in [2.24, 2.45) is 11.8 Å². The van der Waals surface area contributed by atoms with E-state index >= 15 is 0 Å². The van der Waals surface area contributed by atoms with Crippen LogP contribution in [0.25, 0.3) is 11.1 Å². The van der Waals surface area contributed by atoms with Crippen LogP contribution in [0.15, 0.2) is 48.9 Å². The molecule has 5 nitrogen and oxygen atoms in total. The summed E-state index contributed by atoms with van der Waals surface area (Å²) in [4.78, 5) is 25.9. The minimum Gasteiger partial charge on any atom is -0.320 e. The van der Waals surface area contributed by atoms with Gasteiger partial charge >= 0.3 is 0 Å². The standard InChI is InChI=1S/C25H23F3N4O/c1-13(2)23-30-11-14(12-31-23)24(33)32-22-16(15-5-3-4-6-19(15)26)9-10-29-21(22)17-7-8-18-20(17)25(18,27)28/h3-6,9-13,17-18,20H,7-8H2,1-2H3,(H,32,33). The van der Waals surface area contributed by atoms with Gasteiger partial charge in [0.1, 0.15) is 11.6 Å². The predicted octanol–water partition coefficient (Wildman–Crippen LogP) is 5.81. The Morgan fingerprint density at radius 2 is 1.79 bits per heavy atom. The van der Waals surface area contributed by atoms with E-state index in [0.29, 0.717) is 29.9 Å². The number of carbonyl (C=O) groups is 1. The van der Waals surface area contributed by atoms with Gasteiger partial charge in [0.2, 0.25) is 0 Å². The molecule has 1 amide bonds. The topological polar surface area (TPSA) is 67.8 Å². The van der Waals surface area contributed by atoms with Gasteiger partial charge in [-0.2, -0.15) is 0 Å². The molecular formula is C25H23F3N4O. The van der Waals surface area contributed by atoms with Crippen molar-refractivity contribution in [2.45, 2.75) is 44.4 Å². The summed E-state index contributed by atoms with van der Waals surface area (Å²) in [6.45, 7) is 3.89. The van der Waals surface area contributed by atoms with Crippen molar-refractivity contribution in [2.75, 3.05) is 5.32 Å². The van der Waals surface area contributed by atoms with E-state index in [1.165, 1.54) is 24.7 Å². The molecule has 3 aromatic rings. The Balaban J connectivity index is 1.56. The smallest absolute Gasteiger partial charge is 0.258 e. The first-order chi connectivity index (χ1) is 15.8. The third-order valence-corrected chi connectivity index (χ3v) is 6.67. The molecule has 2 fully saturated rings. The molecule has 3 atom stereocenters. The number of carbonyl (C=O) groups excluding carboxylic acids is 1. The number of aromatic nitrogens is 3. The number of hydrogen-bond donors (Lipinski definition) is 1. The van der Waals surface area contributed by atoms with E-state index in [1.807, 2.05) is 13.8 Å². The van der Waals surface area contributed by atoms with E-state index in [4.69, 9.17) is 0 Å². The molecule has 0 spiro atoms. The van der Waals surface area contributed by atoms with Crippen molar-refractivity contribution in [1.29, 1.82) is 0 Å². The quantitative estimate of drug-likeness (QED) is 0.530. The second kappa shape index (κ2) is 7.93. The lowest BCUT2D eigenvalue weighted by molar-refractivity contribution is 0.0678. The highest BCUT2D eigenvalue weighted by Gasteiger charge is 2.73. The Hall–Kier alpha value is -3.29. The highest BCUT2D eigenvalue weighted by Crippen LogP contribution is 2.69. The number of pyridine rings is 1. The summed E-state index contributed by atoms with van der Waals surface area (Å²) in [7, 11) is 0. The van der Waals surface area contributed by atoms with Gasteiger partial charge in [-0.05, 0) is 25.0 Å². The number of halogens is 3. The minimum absolute atomic E-state index is 0.107. The fourth-order valence-electron chi connectivity index (χ4n) is 4.92. The number of fused-ring (bicyclic) bond motifs is 1. The van der Waals surface area contributed by atoms with Crippen LogP contribution in [0.2, 0.25) is 0 Å². The lowest BCUT2D eigenvalue weighted by Crippen LogP contribution is -2.18. The first kappa shape index (κ1) is 21.6. The molecule has 0 saturated heterocycles. The average molecular weight is 452 g/mol. The van der Waals surface area contributed by atoms with Crippen LogP contribution in [0.3, 0.4) is 0 Å². The second-order valence-corrected chi connectivity index (χ2v) is 9.03. The molecule has 8 heteroatoms. The molecular weight excluding hydrogens is 429 g/mol. The Morgan fingerprint density at radius 1 is 1.06 bits per heavy atom. The van der Waals surface area contributed by atoms with E-state index in [2.05, 4.69) is 20.3 Å². The van der Waals surface area contributed by atoms with Crippen molar-refractivity contribution in [1.82, 2.24) is 15.0 Å². The van der Waals surface area contributed by atoms with E-state index in [9.17, 15) is 18.0 Å². The van der Waals surface area contributed by atoms with Gasteiger partial charge in [-0.25, -0.2) is 23.1 Å². The zero-order valence-electron chi connectivity index (χ0n) is 18.2. The summed E-state index contributed by atoms with van der Waals surface area (Å²) < 4.78 is 43.2. The summed E-state index contributed by atoms with van der Waals surface area (Å²) in [5, 5.41) is 2.82. The summed E-state index contributed by atoms with van der Waals surface area (Å²) >= 11 is 0. The first-order valence-corrected chi connectivity index (χ1v) is 11.0. The zero-order chi connectivity index (χ0) is 23.3. The molecule has 0 aliphatic heterocycles. The van der Waals surface area contributed by atoms with Gasteiger partial charge in [0, 0.05) is 53.4 Å². The van der Waals surface area contributed by atoms with Crippen molar-refractivity contribution in [3.05, 3.63) is 71.8 Å². The lowest BCUT2D eigenvalue weighted by Gasteiger charge is -2.21. The maximum Gasteiger partial charge on any atom is 0.258 e. The zero-order valence-corrected chi connectivity index (χ0v) is 18.2. The van der Waals surface area contributed by atoms with Crippen molar-refractivity contribution in [3.63, 3.8) is 0 Å². The summed E-state index contributed by atoms with van der Waals surface area (Å²) in [5.41, 5.74) is 1.51. The van der Waals surface area contributed by atoms with Gasteiger partial charge in [-0.3, -0.25) is 9.78 Å². The third-order valence-electron chi connectivity index (χ3n) is 6.67. The highest BCUT2D eigenvalue weighted by molar-refractivity contribution is 6.06. The SMILES string of the molecule is CC(C)c1ncc(C(=O)Nc2c(-c3ccccc3F)ccnc2C2CCC3C2C3(F)F)cn1. The minimum atomic E-state index is -2.72. The highest BCUT2D eigenvalue weighted by atomic mass is 19.3. The predicted molar refractivity (Wildman–Crippen MR) is 118 cm³/mol. The number of benzene rings is 1. The second-order valence-electron chi connectivity index (χ2n) is 9.03. The van der Waals surface area contributed by atoms with Gasteiger partial charge in [0.15, 0.2) is 0 Å². The van der Waals surface area contributed by atoms with E-state index in [1.54, 1.807) is 24.3 Å². The Morgan fingerprint density at radius 3 is 2.42 bits per heavy atom. The fraction of sp³-hybridized carbons (Fsp3) is 0.360. The molecule has 2 aromatic heterocycles. The lowest BCUT2D eigenvalue weighted by atomic mass is 9.93. The summed E-state index contributed by atoms with van der Waals surface area (Å²) in [5.74, 6) is -4.95. The van der Waals surface area contributed by atoms with E-state index in [0.717, 1.165) is 0 Å². The fourth-order valence-corrected chi connectivity index (χ4v) is 4.92. The molecule has 170 valence electrons. The molecule has 2 saturated carbocycles. The Labute approximate surface area is 189 Å². The molecule has 0 bridgehead atoms. The van der Waals surface area contributed by atoms with Crippen LogP contribution in [0.5, 0.6) is 0 Å². The molecule has 33 heavy (non-hydrogen) atoms. The van der Waals surface area contributed by atoms with Gasteiger partial charge in [0.25, 0.3) is 11.8 Å². The normalized spacial score (nSPS) is 22.8. The van der Waals surface area contributed by atoms with Crippen LogP contribution in [0, 0.1) is 17.7 Å².